The zero-order valence-electron chi connectivity index (χ0n) is 15.3. The van der Waals surface area contributed by atoms with E-state index in [9.17, 15) is 4.79 Å². The molecule has 4 heterocycles. The fourth-order valence-electron chi connectivity index (χ4n) is 3.46. The fourth-order valence-corrected chi connectivity index (χ4v) is 5.09. The molecule has 5 nitrogen and oxygen atoms in total. The monoisotopic (exact) mass is 401 g/mol. The van der Waals surface area contributed by atoms with Gasteiger partial charge in [-0.05, 0) is 56.6 Å². The van der Waals surface area contributed by atoms with E-state index in [2.05, 4.69) is 23.0 Å². The Morgan fingerprint density at radius 3 is 2.85 bits per heavy atom. The fraction of sp³-hybridized carbons (Fsp3) is 0.400. The number of rotatable bonds is 6. The van der Waals surface area contributed by atoms with E-state index < -0.39 is 0 Å². The lowest BCUT2D eigenvalue weighted by atomic mass is 10.0. The van der Waals surface area contributed by atoms with Gasteiger partial charge in [-0.3, -0.25) is 4.79 Å². The standard InChI is InChI=1S/C20H23N3O2S2/c1-22-8-6-16(7-9-22)23(13-17-4-2-10-25-17)19(24)12-15-14-27-20(21-15)18-5-3-11-26-18/h2-5,10-11,14,16H,6-9,12-13H2,1H3. The first kappa shape index (κ1) is 18.4. The largest absolute Gasteiger partial charge is 0.467 e. The van der Waals surface area contributed by atoms with Crippen LogP contribution in [0.5, 0.6) is 0 Å². The molecule has 0 bridgehead atoms. The molecule has 0 atom stereocenters. The molecule has 1 amide bonds. The third kappa shape index (κ3) is 4.48. The molecule has 7 heteroatoms. The van der Waals surface area contributed by atoms with E-state index in [1.165, 1.54) is 0 Å². The number of furan rings is 1. The summed E-state index contributed by atoms with van der Waals surface area (Å²) in [6.45, 7) is 2.57. The van der Waals surface area contributed by atoms with Gasteiger partial charge in [-0.1, -0.05) is 6.07 Å². The first-order valence-electron chi connectivity index (χ1n) is 9.18. The first-order chi connectivity index (χ1) is 13.2. The van der Waals surface area contributed by atoms with E-state index in [1.54, 1.807) is 28.9 Å². The second-order valence-electron chi connectivity index (χ2n) is 6.93. The molecule has 0 aromatic carbocycles. The number of amides is 1. The highest BCUT2D eigenvalue weighted by Crippen LogP contribution is 2.28. The van der Waals surface area contributed by atoms with Crippen LogP contribution < -0.4 is 0 Å². The average Bonchev–Trinajstić information content (AvgIpc) is 3.42. The van der Waals surface area contributed by atoms with Crippen LogP contribution in [-0.4, -0.2) is 46.9 Å². The molecular weight excluding hydrogens is 378 g/mol. The molecule has 1 saturated heterocycles. The Bertz CT molecular complexity index is 850. The van der Waals surface area contributed by atoms with Crippen molar-refractivity contribution in [2.75, 3.05) is 20.1 Å². The molecule has 3 aromatic rings. The Morgan fingerprint density at radius 2 is 2.15 bits per heavy atom. The second-order valence-corrected chi connectivity index (χ2v) is 8.74. The minimum absolute atomic E-state index is 0.129. The zero-order chi connectivity index (χ0) is 18.6. The minimum atomic E-state index is 0.129. The molecule has 4 rings (SSSR count). The van der Waals surface area contributed by atoms with Crippen LogP contribution in [0.1, 0.15) is 24.3 Å². The Hall–Kier alpha value is -1.96. The van der Waals surface area contributed by atoms with Crippen LogP contribution in [0.4, 0.5) is 0 Å². The average molecular weight is 402 g/mol. The molecule has 0 saturated carbocycles. The maximum Gasteiger partial charge on any atom is 0.229 e. The van der Waals surface area contributed by atoms with Crippen molar-refractivity contribution < 1.29 is 9.21 Å². The van der Waals surface area contributed by atoms with Crippen LogP contribution in [0, 0.1) is 0 Å². The number of nitrogens with zero attached hydrogens (tertiary/aromatic N) is 3. The predicted octanol–water partition coefficient (Wildman–Crippen LogP) is 4.13. The van der Waals surface area contributed by atoms with Gasteiger partial charge >= 0.3 is 0 Å². The molecule has 0 radical (unpaired) electrons. The van der Waals surface area contributed by atoms with Crippen molar-refractivity contribution in [3.63, 3.8) is 0 Å². The number of likely N-dealkylation sites (tertiary alicyclic amines) is 1. The van der Waals surface area contributed by atoms with E-state index in [4.69, 9.17) is 4.42 Å². The number of aromatic nitrogens is 1. The number of piperidine rings is 1. The summed E-state index contributed by atoms with van der Waals surface area (Å²) in [6, 6.07) is 8.16. The molecule has 142 valence electrons. The normalized spacial score (nSPS) is 15.9. The molecule has 0 N–H and O–H groups in total. The van der Waals surface area contributed by atoms with Crippen LogP contribution in [0.25, 0.3) is 9.88 Å². The van der Waals surface area contributed by atoms with Crippen LogP contribution in [0.15, 0.2) is 45.7 Å². The van der Waals surface area contributed by atoms with E-state index in [0.29, 0.717) is 13.0 Å². The highest BCUT2D eigenvalue weighted by Gasteiger charge is 2.28. The van der Waals surface area contributed by atoms with Crippen molar-refractivity contribution in [3.8, 4) is 9.88 Å². The SMILES string of the molecule is CN1CCC(N(Cc2ccco2)C(=O)Cc2csc(-c3cccs3)n2)CC1. The number of thiazole rings is 1. The number of hydrogen-bond acceptors (Lipinski definition) is 6. The molecular formula is C20H23N3O2S2. The van der Waals surface area contributed by atoms with Gasteiger partial charge in [0.2, 0.25) is 5.91 Å². The van der Waals surface area contributed by atoms with Crippen LogP contribution in [0.3, 0.4) is 0 Å². The number of carbonyl (C=O) groups is 1. The molecule has 0 unspecified atom stereocenters. The van der Waals surface area contributed by atoms with Gasteiger partial charge < -0.3 is 14.2 Å². The van der Waals surface area contributed by atoms with E-state index >= 15 is 0 Å². The van der Waals surface area contributed by atoms with Gasteiger partial charge in [-0.2, -0.15) is 0 Å². The Morgan fingerprint density at radius 1 is 1.30 bits per heavy atom. The summed E-state index contributed by atoms with van der Waals surface area (Å²) in [4.78, 5) is 23.3. The smallest absolute Gasteiger partial charge is 0.229 e. The topological polar surface area (TPSA) is 49.6 Å². The van der Waals surface area contributed by atoms with Gasteiger partial charge in [0.05, 0.1) is 29.8 Å². The van der Waals surface area contributed by atoms with Gasteiger partial charge in [0.25, 0.3) is 0 Å². The maximum absolute atomic E-state index is 13.2. The summed E-state index contributed by atoms with van der Waals surface area (Å²) >= 11 is 3.28. The number of hydrogen-bond donors (Lipinski definition) is 0. The van der Waals surface area contributed by atoms with Gasteiger partial charge in [0.1, 0.15) is 10.8 Å². The summed E-state index contributed by atoms with van der Waals surface area (Å²) < 4.78 is 5.51. The van der Waals surface area contributed by atoms with Crippen molar-refractivity contribution in [2.45, 2.75) is 31.8 Å². The molecule has 1 aliphatic rings. The van der Waals surface area contributed by atoms with Crippen molar-refractivity contribution in [2.24, 2.45) is 0 Å². The van der Waals surface area contributed by atoms with Crippen molar-refractivity contribution >= 4 is 28.6 Å². The molecule has 3 aromatic heterocycles. The second kappa shape index (κ2) is 8.37. The Kier molecular flexibility index (Phi) is 5.71. The van der Waals surface area contributed by atoms with E-state index in [1.807, 2.05) is 33.9 Å². The number of carbonyl (C=O) groups excluding carboxylic acids is 1. The van der Waals surface area contributed by atoms with Crippen LogP contribution in [0.2, 0.25) is 0 Å². The molecule has 27 heavy (non-hydrogen) atoms. The number of thiophene rings is 1. The minimum Gasteiger partial charge on any atom is -0.467 e. The van der Waals surface area contributed by atoms with Gasteiger partial charge in [0.15, 0.2) is 0 Å². The summed E-state index contributed by atoms with van der Waals surface area (Å²) in [5, 5.41) is 5.05. The Balaban J connectivity index is 1.48. The molecule has 1 fully saturated rings. The highest BCUT2D eigenvalue weighted by atomic mass is 32.1. The van der Waals surface area contributed by atoms with Crippen LogP contribution >= 0.6 is 22.7 Å². The summed E-state index contributed by atoms with van der Waals surface area (Å²) in [6.07, 6.45) is 4.01. The summed E-state index contributed by atoms with van der Waals surface area (Å²) in [5.41, 5.74) is 0.853. The van der Waals surface area contributed by atoms with Crippen molar-refractivity contribution in [1.29, 1.82) is 0 Å². The van der Waals surface area contributed by atoms with Crippen molar-refractivity contribution in [3.05, 3.63) is 52.7 Å². The molecule has 0 aliphatic carbocycles. The molecule has 1 aliphatic heterocycles. The van der Waals surface area contributed by atoms with Gasteiger partial charge in [-0.15, -0.1) is 22.7 Å². The summed E-state index contributed by atoms with van der Waals surface area (Å²) in [7, 11) is 2.14. The predicted molar refractivity (Wildman–Crippen MR) is 109 cm³/mol. The van der Waals surface area contributed by atoms with E-state index in [-0.39, 0.29) is 11.9 Å². The lowest BCUT2D eigenvalue weighted by molar-refractivity contribution is -0.134. The quantitative estimate of drug-likeness (QED) is 0.623. The van der Waals surface area contributed by atoms with Gasteiger partial charge in [0, 0.05) is 11.4 Å². The third-order valence-corrected chi connectivity index (χ3v) is 6.90. The Labute approximate surface area is 167 Å². The zero-order valence-corrected chi connectivity index (χ0v) is 17.0. The summed E-state index contributed by atoms with van der Waals surface area (Å²) in [5.74, 6) is 0.962. The van der Waals surface area contributed by atoms with Crippen molar-refractivity contribution in [1.82, 2.24) is 14.8 Å². The third-order valence-electron chi connectivity index (χ3n) is 4.97. The van der Waals surface area contributed by atoms with E-state index in [0.717, 1.165) is 47.3 Å². The lowest BCUT2D eigenvalue weighted by Gasteiger charge is -2.37. The highest BCUT2D eigenvalue weighted by molar-refractivity contribution is 7.20. The first-order valence-corrected chi connectivity index (χ1v) is 10.9. The lowest BCUT2D eigenvalue weighted by Crippen LogP contribution is -2.46. The maximum atomic E-state index is 13.2. The van der Waals surface area contributed by atoms with Gasteiger partial charge in [-0.25, -0.2) is 4.98 Å². The molecule has 0 spiro atoms. The van der Waals surface area contributed by atoms with Crippen LogP contribution in [-0.2, 0) is 17.8 Å².